The number of nitrogens with one attached hydrogen (secondary N) is 1. The fourth-order valence-corrected chi connectivity index (χ4v) is 2.93. The largest absolute Gasteiger partial charge is 0.381 e. The Bertz CT molecular complexity index is 679. The normalized spacial score (nSPS) is 17.7. The van der Waals surface area contributed by atoms with Gasteiger partial charge in [-0.15, -0.1) is 0 Å². The number of pyridine rings is 1. The van der Waals surface area contributed by atoms with Gasteiger partial charge in [0, 0.05) is 51.3 Å². The van der Waals surface area contributed by atoms with Crippen LogP contribution in [0.5, 0.6) is 0 Å². The van der Waals surface area contributed by atoms with Crippen LogP contribution in [-0.4, -0.2) is 59.0 Å². The third kappa shape index (κ3) is 4.79. The standard InChI is InChI=1S/C18H26N6O/c1-3-19-18(23(2)13-16-6-10-25-14-16)21-12-15-5-8-20-17(11-15)24-9-4-7-22-24/h4-5,7-9,11,16H,3,6,10,12-14H2,1-2H3,(H,19,21). The van der Waals surface area contributed by atoms with Crippen LogP contribution in [0.3, 0.4) is 0 Å². The number of rotatable bonds is 6. The summed E-state index contributed by atoms with van der Waals surface area (Å²) in [5.74, 6) is 2.31. The van der Waals surface area contributed by atoms with Crippen LogP contribution in [-0.2, 0) is 11.3 Å². The first-order chi connectivity index (χ1) is 12.3. The topological polar surface area (TPSA) is 67.6 Å². The SMILES string of the molecule is CCNC(=NCc1ccnc(-n2cccn2)c1)N(C)CC1CCOC1. The molecular weight excluding hydrogens is 316 g/mol. The number of nitrogens with zero attached hydrogens (tertiary/aromatic N) is 5. The molecule has 1 atom stereocenters. The minimum absolute atomic E-state index is 0.584. The molecule has 0 bridgehead atoms. The average molecular weight is 342 g/mol. The minimum atomic E-state index is 0.584. The van der Waals surface area contributed by atoms with E-state index >= 15 is 0 Å². The van der Waals surface area contributed by atoms with Crippen molar-refractivity contribution < 1.29 is 4.74 Å². The highest BCUT2D eigenvalue weighted by molar-refractivity contribution is 5.79. The molecule has 1 aliphatic rings. The van der Waals surface area contributed by atoms with Crippen molar-refractivity contribution in [1.29, 1.82) is 0 Å². The maximum atomic E-state index is 5.47. The number of hydrogen-bond donors (Lipinski definition) is 1. The van der Waals surface area contributed by atoms with Gasteiger partial charge in [-0.05, 0) is 37.1 Å². The summed E-state index contributed by atoms with van der Waals surface area (Å²) in [5, 5.41) is 7.59. The van der Waals surface area contributed by atoms with E-state index in [1.54, 1.807) is 17.1 Å². The zero-order chi connectivity index (χ0) is 17.5. The molecule has 0 radical (unpaired) electrons. The lowest BCUT2D eigenvalue weighted by Crippen LogP contribution is -2.41. The molecule has 2 aromatic heterocycles. The van der Waals surface area contributed by atoms with Crippen LogP contribution < -0.4 is 5.32 Å². The summed E-state index contributed by atoms with van der Waals surface area (Å²) in [7, 11) is 2.08. The lowest BCUT2D eigenvalue weighted by molar-refractivity contribution is 0.181. The molecule has 0 saturated carbocycles. The fourth-order valence-electron chi connectivity index (χ4n) is 2.93. The summed E-state index contributed by atoms with van der Waals surface area (Å²) in [4.78, 5) is 11.3. The Kier molecular flexibility index (Phi) is 6.00. The fraction of sp³-hybridized carbons (Fsp3) is 0.500. The second-order valence-electron chi connectivity index (χ2n) is 6.25. The monoisotopic (exact) mass is 342 g/mol. The van der Waals surface area contributed by atoms with Gasteiger partial charge in [0.05, 0.1) is 13.2 Å². The Labute approximate surface area is 148 Å². The van der Waals surface area contributed by atoms with Crippen LogP contribution in [0, 0.1) is 5.92 Å². The van der Waals surface area contributed by atoms with E-state index in [1.807, 2.05) is 24.4 Å². The van der Waals surface area contributed by atoms with Crippen LogP contribution >= 0.6 is 0 Å². The highest BCUT2D eigenvalue weighted by Crippen LogP contribution is 2.13. The summed E-state index contributed by atoms with van der Waals surface area (Å²) < 4.78 is 7.23. The molecule has 0 amide bonds. The van der Waals surface area contributed by atoms with Crippen LogP contribution in [0.1, 0.15) is 18.9 Å². The summed E-state index contributed by atoms with van der Waals surface area (Å²) in [6, 6.07) is 5.90. The molecule has 1 aliphatic heterocycles. The molecule has 3 heterocycles. The Balaban J connectivity index is 1.67. The molecule has 1 N–H and O–H groups in total. The van der Waals surface area contributed by atoms with E-state index in [1.165, 1.54) is 0 Å². The predicted octanol–water partition coefficient (Wildman–Crippen LogP) is 1.70. The third-order valence-electron chi connectivity index (χ3n) is 4.21. The zero-order valence-corrected chi connectivity index (χ0v) is 14.9. The molecule has 0 spiro atoms. The van der Waals surface area contributed by atoms with Gasteiger partial charge in [-0.3, -0.25) is 0 Å². The Morgan fingerprint density at radius 2 is 2.40 bits per heavy atom. The molecule has 0 aliphatic carbocycles. The number of aromatic nitrogens is 3. The maximum Gasteiger partial charge on any atom is 0.193 e. The number of aliphatic imine (C=N–C) groups is 1. The molecule has 1 unspecified atom stereocenters. The second kappa shape index (κ2) is 8.62. The number of guanidine groups is 1. The highest BCUT2D eigenvalue weighted by atomic mass is 16.5. The van der Waals surface area contributed by atoms with Crippen molar-refractivity contribution in [3.63, 3.8) is 0 Å². The number of hydrogen-bond acceptors (Lipinski definition) is 4. The molecule has 2 aromatic rings. The van der Waals surface area contributed by atoms with Gasteiger partial charge in [0.15, 0.2) is 11.8 Å². The van der Waals surface area contributed by atoms with E-state index in [4.69, 9.17) is 9.73 Å². The Morgan fingerprint density at radius 3 is 3.12 bits per heavy atom. The van der Waals surface area contributed by atoms with E-state index in [-0.39, 0.29) is 0 Å². The molecule has 3 rings (SSSR count). The molecule has 25 heavy (non-hydrogen) atoms. The van der Waals surface area contributed by atoms with Gasteiger partial charge in [-0.2, -0.15) is 5.10 Å². The van der Waals surface area contributed by atoms with Crippen molar-refractivity contribution in [2.75, 3.05) is 33.4 Å². The van der Waals surface area contributed by atoms with Crippen molar-refractivity contribution in [1.82, 2.24) is 25.0 Å². The molecule has 7 nitrogen and oxygen atoms in total. The zero-order valence-electron chi connectivity index (χ0n) is 14.9. The second-order valence-corrected chi connectivity index (χ2v) is 6.25. The van der Waals surface area contributed by atoms with E-state index in [0.29, 0.717) is 12.5 Å². The minimum Gasteiger partial charge on any atom is -0.381 e. The van der Waals surface area contributed by atoms with Gasteiger partial charge < -0.3 is 15.0 Å². The average Bonchev–Trinajstić information content (AvgIpc) is 3.32. The smallest absolute Gasteiger partial charge is 0.193 e. The molecule has 7 heteroatoms. The molecular formula is C18H26N6O. The van der Waals surface area contributed by atoms with Crippen molar-refractivity contribution >= 4 is 5.96 Å². The first kappa shape index (κ1) is 17.4. The van der Waals surface area contributed by atoms with E-state index in [9.17, 15) is 0 Å². The number of ether oxygens (including phenoxy) is 1. The maximum absolute atomic E-state index is 5.47. The van der Waals surface area contributed by atoms with Crippen LogP contribution in [0.15, 0.2) is 41.8 Å². The van der Waals surface area contributed by atoms with E-state index in [0.717, 1.165) is 50.1 Å². The third-order valence-corrected chi connectivity index (χ3v) is 4.21. The van der Waals surface area contributed by atoms with Crippen LogP contribution in [0.25, 0.3) is 5.82 Å². The first-order valence-electron chi connectivity index (χ1n) is 8.78. The van der Waals surface area contributed by atoms with Gasteiger partial charge in [0.1, 0.15) is 0 Å². The van der Waals surface area contributed by atoms with Crippen molar-refractivity contribution in [2.45, 2.75) is 19.9 Å². The van der Waals surface area contributed by atoms with Gasteiger partial charge in [0.25, 0.3) is 0 Å². The lowest BCUT2D eigenvalue weighted by Gasteiger charge is -2.24. The van der Waals surface area contributed by atoms with Crippen molar-refractivity contribution in [2.24, 2.45) is 10.9 Å². The Hall–Kier alpha value is -2.41. The molecule has 1 saturated heterocycles. The van der Waals surface area contributed by atoms with E-state index < -0.39 is 0 Å². The molecule has 134 valence electrons. The van der Waals surface area contributed by atoms with Gasteiger partial charge in [0.2, 0.25) is 0 Å². The van der Waals surface area contributed by atoms with Gasteiger partial charge in [-0.25, -0.2) is 14.7 Å². The van der Waals surface area contributed by atoms with Crippen molar-refractivity contribution in [3.05, 3.63) is 42.4 Å². The van der Waals surface area contributed by atoms with Gasteiger partial charge in [-0.1, -0.05) is 0 Å². The highest BCUT2D eigenvalue weighted by Gasteiger charge is 2.19. The summed E-state index contributed by atoms with van der Waals surface area (Å²) in [6.45, 7) is 6.22. The van der Waals surface area contributed by atoms with Gasteiger partial charge >= 0.3 is 0 Å². The lowest BCUT2D eigenvalue weighted by atomic mass is 10.1. The van der Waals surface area contributed by atoms with E-state index in [2.05, 4.69) is 34.3 Å². The molecule has 1 fully saturated rings. The first-order valence-corrected chi connectivity index (χ1v) is 8.78. The summed E-state index contributed by atoms with van der Waals surface area (Å²) in [6.07, 6.45) is 6.56. The summed E-state index contributed by atoms with van der Waals surface area (Å²) in [5.41, 5.74) is 1.11. The van der Waals surface area contributed by atoms with Crippen LogP contribution in [0.2, 0.25) is 0 Å². The molecule has 0 aromatic carbocycles. The Morgan fingerprint density at radius 1 is 1.48 bits per heavy atom. The van der Waals surface area contributed by atoms with Crippen molar-refractivity contribution in [3.8, 4) is 5.82 Å². The summed E-state index contributed by atoms with van der Waals surface area (Å²) >= 11 is 0. The predicted molar refractivity (Wildman–Crippen MR) is 97.7 cm³/mol. The quantitative estimate of drug-likeness (QED) is 0.639. The van der Waals surface area contributed by atoms with Crippen LogP contribution in [0.4, 0.5) is 0 Å².